The average molecular weight is 222 g/mol. The second-order valence-corrected chi connectivity index (χ2v) is 4.25. The number of hydrogen-bond donors (Lipinski definition) is 2. The molecule has 1 aromatic rings. The van der Waals surface area contributed by atoms with E-state index >= 15 is 0 Å². The molecule has 0 fully saturated rings. The summed E-state index contributed by atoms with van der Waals surface area (Å²) >= 11 is 0. The van der Waals surface area contributed by atoms with Crippen LogP contribution in [0.15, 0.2) is 18.2 Å². The Morgan fingerprint density at radius 1 is 1.19 bits per heavy atom. The molecule has 1 aromatic carbocycles. The Kier molecular flexibility index (Phi) is 4.43. The zero-order valence-electron chi connectivity index (χ0n) is 10.6. The van der Waals surface area contributed by atoms with Crippen molar-refractivity contribution in [1.82, 2.24) is 4.90 Å². The molecule has 0 amide bonds. The van der Waals surface area contributed by atoms with Crippen LogP contribution in [0.1, 0.15) is 0 Å². The topological polar surface area (TPSA) is 44.5 Å². The molecule has 0 saturated heterocycles. The highest BCUT2D eigenvalue weighted by atomic mass is 15.2. The van der Waals surface area contributed by atoms with Crippen molar-refractivity contribution in [3.63, 3.8) is 0 Å². The normalized spacial score (nSPS) is 10.6. The maximum absolute atomic E-state index is 5.93. The molecule has 0 aliphatic heterocycles. The molecule has 0 aliphatic rings. The highest BCUT2D eigenvalue weighted by Crippen LogP contribution is 2.24. The van der Waals surface area contributed by atoms with Crippen LogP contribution in [0.2, 0.25) is 0 Å². The first-order chi connectivity index (χ1) is 7.54. The lowest BCUT2D eigenvalue weighted by Crippen LogP contribution is -2.28. The van der Waals surface area contributed by atoms with Crippen molar-refractivity contribution in [3.05, 3.63) is 18.2 Å². The molecule has 0 aliphatic carbocycles. The quantitative estimate of drug-likeness (QED) is 0.737. The minimum atomic E-state index is 0.789. The second-order valence-electron chi connectivity index (χ2n) is 4.25. The molecule has 0 bridgehead atoms. The van der Waals surface area contributed by atoms with Crippen LogP contribution in [0, 0.1) is 0 Å². The minimum absolute atomic E-state index is 0.789. The van der Waals surface area contributed by atoms with Crippen LogP contribution in [0.25, 0.3) is 0 Å². The fourth-order valence-electron chi connectivity index (χ4n) is 1.49. The van der Waals surface area contributed by atoms with Gasteiger partial charge in [-0.25, -0.2) is 0 Å². The summed E-state index contributed by atoms with van der Waals surface area (Å²) in [5, 5.41) is 3.06. The number of nitrogen functional groups attached to an aromatic ring is 1. The number of benzene rings is 1. The molecule has 1 rings (SSSR count). The predicted octanol–water partition coefficient (Wildman–Crippen LogP) is 1.31. The van der Waals surface area contributed by atoms with Crippen LogP contribution in [0.3, 0.4) is 0 Å². The van der Waals surface area contributed by atoms with Crippen LogP contribution in [-0.2, 0) is 0 Å². The fourth-order valence-corrected chi connectivity index (χ4v) is 1.49. The van der Waals surface area contributed by atoms with Crippen LogP contribution in [0.5, 0.6) is 0 Å². The molecule has 0 aromatic heterocycles. The SMILES string of the molecule is CNc1ccc(N(C)CCN(C)C)cc1N. The van der Waals surface area contributed by atoms with E-state index in [1.807, 2.05) is 19.2 Å². The molecule has 0 unspecified atom stereocenters. The highest BCUT2D eigenvalue weighted by Gasteiger charge is 2.04. The zero-order valence-corrected chi connectivity index (χ0v) is 10.6. The van der Waals surface area contributed by atoms with Crippen molar-refractivity contribution in [1.29, 1.82) is 0 Å². The predicted molar refractivity (Wildman–Crippen MR) is 72.2 cm³/mol. The van der Waals surface area contributed by atoms with Gasteiger partial charge in [-0.3, -0.25) is 0 Å². The second kappa shape index (κ2) is 5.61. The van der Waals surface area contributed by atoms with Gasteiger partial charge >= 0.3 is 0 Å². The van der Waals surface area contributed by atoms with E-state index in [4.69, 9.17) is 5.73 Å². The summed E-state index contributed by atoms with van der Waals surface area (Å²) in [7, 11) is 8.11. The first-order valence-corrected chi connectivity index (χ1v) is 5.47. The Labute approximate surface area is 98.0 Å². The van der Waals surface area contributed by atoms with Gasteiger partial charge in [0.1, 0.15) is 0 Å². The van der Waals surface area contributed by atoms with E-state index in [1.165, 1.54) is 0 Å². The molecule has 16 heavy (non-hydrogen) atoms. The first kappa shape index (κ1) is 12.6. The monoisotopic (exact) mass is 222 g/mol. The van der Waals surface area contributed by atoms with Gasteiger partial charge in [0.2, 0.25) is 0 Å². The maximum Gasteiger partial charge on any atom is 0.0572 e. The molecule has 3 N–H and O–H groups in total. The van der Waals surface area contributed by atoms with Gasteiger partial charge in [-0.1, -0.05) is 0 Å². The van der Waals surface area contributed by atoms with E-state index in [1.54, 1.807) is 0 Å². The minimum Gasteiger partial charge on any atom is -0.397 e. The number of likely N-dealkylation sites (N-methyl/N-ethyl adjacent to an activating group) is 2. The molecular weight excluding hydrogens is 200 g/mol. The Morgan fingerprint density at radius 3 is 2.38 bits per heavy atom. The van der Waals surface area contributed by atoms with E-state index in [2.05, 4.69) is 42.3 Å². The van der Waals surface area contributed by atoms with Crippen molar-refractivity contribution >= 4 is 17.1 Å². The van der Waals surface area contributed by atoms with Crippen molar-refractivity contribution in [2.24, 2.45) is 0 Å². The third-order valence-corrected chi connectivity index (χ3v) is 2.63. The van der Waals surface area contributed by atoms with Crippen molar-refractivity contribution < 1.29 is 0 Å². The van der Waals surface area contributed by atoms with Gasteiger partial charge < -0.3 is 20.9 Å². The Morgan fingerprint density at radius 2 is 1.88 bits per heavy atom. The van der Waals surface area contributed by atoms with Gasteiger partial charge in [0, 0.05) is 32.9 Å². The van der Waals surface area contributed by atoms with Gasteiger partial charge in [-0.2, -0.15) is 0 Å². The Balaban J connectivity index is 2.69. The molecule has 4 heteroatoms. The lowest BCUT2D eigenvalue weighted by molar-refractivity contribution is 0.416. The third kappa shape index (κ3) is 3.31. The Bertz CT molecular complexity index is 336. The van der Waals surface area contributed by atoms with Gasteiger partial charge in [-0.05, 0) is 32.3 Å². The molecular formula is C12H22N4. The summed E-state index contributed by atoms with van der Waals surface area (Å²) in [4.78, 5) is 4.37. The molecule has 0 radical (unpaired) electrons. The number of anilines is 3. The summed E-state index contributed by atoms with van der Waals surface area (Å²) in [5.74, 6) is 0. The van der Waals surface area contributed by atoms with Crippen LogP contribution in [0.4, 0.5) is 17.1 Å². The van der Waals surface area contributed by atoms with Crippen molar-refractivity contribution in [2.45, 2.75) is 0 Å². The maximum atomic E-state index is 5.93. The summed E-state index contributed by atoms with van der Waals surface area (Å²) in [6.07, 6.45) is 0. The third-order valence-electron chi connectivity index (χ3n) is 2.63. The number of rotatable bonds is 5. The molecule has 90 valence electrons. The number of nitrogens with two attached hydrogens (primary N) is 1. The standard InChI is InChI=1S/C12H22N4/c1-14-12-6-5-10(9-11(12)13)16(4)8-7-15(2)3/h5-6,9,14H,7-8,13H2,1-4H3. The van der Waals surface area contributed by atoms with Crippen molar-refractivity contribution in [2.75, 3.05) is 57.2 Å². The molecule has 0 atom stereocenters. The van der Waals surface area contributed by atoms with Gasteiger partial charge in [0.15, 0.2) is 0 Å². The Hall–Kier alpha value is -1.42. The smallest absolute Gasteiger partial charge is 0.0572 e. The highest BCUT2D eigenvalue weighted by molar-refractivity contribution is 5.71. The largest absolute Gasteiger partial charge is 0.397 e. The lowest BCUT2D eigenvalue weighted by atomic mass is 10.2. The molecule has 0 spiro atoms. The molecule has 0 heterocycles. The van der Waals surface area contributed by atoms with E-state index in [0.29, 0.717) is 0 Å². The summed E-state index contributed by atoms with van der Waals surface area (Å²) in [6, 6.07) is 6.09. The number of nitrogens with zero attached hydrogens (tertiary/aromatic N) is 2. The van der Waals surface area contributed by atoms with E-state index in [-0.39, 0.29) is 0 Å². The average Bonchev–Trinajstić information content (AvgIpc) is 2.25. The van der Waals surface area contributed by atoms with Gasteiger partial charge in [-0.15, -0.1) is 0 Å². The molecule has 4 nitrogen and oxygen atoms in total. The van der Waals surface area contributed by atoms with E-state index < -0.39 is 0 Å². The van der Waals surface area contributed by atoms with Crippen LogP contribution in [-0.4, -0.2) is 46.2 Å². The van der Waals surface area contributed by atoms with Crippen molar-refractivity contribution in [3.8, 4) is 0 Å². The zero-order chi connectivity index (χ0) is 12.1. The van der Waals surface area contributed by atoms with Crippen LogP contribution < -0.4 is 16.0 Å². The number of hydrogen-bond acceptors (Lipinski definition) is 4. The molecule has 0 saturated carbocycles. The fraction of sp³-hybridized carbons (Fsp3) is 0.500. The summed E-state index contributed by atoms with van der Waals surface area (Å²) in [6.45, 7) is 2.02. The summed E-state index contributed by atoms with van der Waals surface area (Å²) in [5.41, 5.74) is 8.84. The van der Waals surface area contributed by atoms with Gasteiger partial charge in [0.05, 0.1) is 11.4 Å². The lowest BCUT2D eigenvalue weighted by Gasteiger charge is -2.22. The summed E-state index contributed by atoms with van der Waals surface area (Å²) < 4.78 is 0. The van der Waals surface area contributed by atoms with Gasteiger partial charge in [0.25, 0.3) is 0 Å². The van der Waals surface area contributed by atoms with Crippen LogP contribution >= 0.6 is 0 Å². The first-order valence-electron chi connectivity index (χ1n) is 5.47. The van der Waals surface area contributed by atoms with E-state index in [9.17, 15) is 0 Å². The van der Waals surface area contributed by atoms with E-state index in [0.717, 1.165) is 30.2 Å². The number of nitrogens with one attached hydrogen (secondary N) is 1.